The van der Waals surface area contributed by atoms with Crippen LogP contribution in [0.25, 0.3) is 0 Å². The summed E-state index contributed by atoms with van der Waals surface area (Å²) < 4.78 is 5.32. The molecular weight excluding hydrogens is 260 g/mol. The number of ether oxygens (including phenoxy) is 1. The zero-order valence-corrected chi connectivity index (χ0v) is 13.9. The van der Waals surface area contributed by atoms with E-state index in [-0.39, 0.29) is 0 Å². The molecule has 1 heterocycles. The minimum absolute atomic E-state index is 0.610. The lowest BCUT2D eigenvalue weighted by atomic mass is 9.86. The summed E-state index contributed by atoms with van der Waals surface area (Å²) in [5.41, 5.74) is 1.34. The SMILES string of the molecule is CCCNC1CCN(Cc2cccc(OC)c2)C(C)C1C. The van der Waals surface area contributed by atoms with Gasteiger partial charge in [0.2, 0.25) is 0 Å². The van der Waals surface area contributed by atoms with Crippen molar-refractivity contribution in [2.45, 2.75) is 52.2 Å². The zero-order valence-electron chi connectivity index (χ0n) is 13.9. The maximum absolute atomic E-state index is 5.32. The Balaban J connectivity index is 1.95. The Labute approximate surface area is 129 Å². The summed E-state index contributed by atoms with van der Waals surface area (Å²) >= 11 is 0. The number of likely N-dealkylation sites (tertiary alicyclic amines) is 1. The Hall–Kier alpha value is -1.06. The third-order valence-corrected chi connectivity index (χ3v) is 4.88. The molecule has 2 rings (SSSR count). The Morgan fingerprint density at radius 3 is 2.86 bits per heavy atom. The van der Waals surface area contributed by atoms with Crippen LogP contribution in [0.1, 0.15) is 39.2 Å². The first-order valence-electron chi connectivity index (χ1n) is 8.26. The molecule has 1 saturated heterocycles. The molecule has 0 saturated carbocycles. The molecule has 3 heteroatoms. The van der Waals surface area contributed by atoms with E-state index in [1.807, 2.05) is 6.07 Å². The van der Waals surface area contributed by atoms with Crippen molar-refractivity contribution in [1.82, 2.24) is 10.2 Å². The van der Waals surface area contributed by atoms with E-state index >= 15 is 0 Å². The maximum atomic E-state index is 5.32. The van der Waals surface area contributed by atoms with Crippen LogP contribution < -0.4 is 10.1 Å². The molecule has 0 aromatic heterocycles. The van der Waals surface area contributed by atoms with Gasteiger partial charge in [0.15, 0.2) is 0 Å². The van der Waals surface area contributed by atoms with Gasteiger partial charge >= 0.3 is 0 Å². The molecule has 21 heavy (non-hydrogen) atoms. The van der Waals surface area contributed by atoms with Crippen molar-refractivity contribution < 1.29 is 4.74 Å². The first-order valence-corrected chi connectivity index (χ1v) is 8.26. The van der Waals surface area contributed by atoms with Crippen molar-refractivity contribution in [3.05, 3.63) is 29.8 Å². The van der Waals surface area contributed by atoms with Gasteiger partial charge in [-0.25, -0.2) is 0 Å². The van der Waals surface area contributed by atoms with Crippen molar-refractivity contribution in [2.24, 2.45) is 5.92 Å². The van der Waals surface area contributed by atoms with Crippen molar-refractivity contribution in [2.75, 3.05) is 20.2 Å². The number of nitrogens with one attached hydrogen (secondary N) is 1. The second kappa shape index (κ2) is 7.81. The molecule has 118 valence electrons. The monoisotopic (exact) mass is 290 g/mol. The van der Waals surface area contributed by atoms with E-state index in [1.54, 1.807) is 7.11 Å². The van der Waals surface area contributed by atoms with Crippen LogP contribution in [-0.2, 0) is 6.54 Å². The lowest BCUT2D eigenvalue weighted by molar-refractivity contribution is 0.0784. The zero-order chi connectivity index (χ0) is 15.2. The van der Waals surface area contributed by atoms with E-state index in [4.69, 9.17) is 4.74 Å². The van der Waals surface area contributed by atoms with Gasteiger partial charge in [0.1, 0.15) is 5.75 Å². The summed E-state index contributed by atoms with van der Waals surface area (Å²) in [6, 6.07) is 9.72. The molecule has 1 fully saturated rings. The minimum atomic E-state index is 0.610. The summed E-state index contributed by atoms with van der Waals surface area (Å²) in [6.07, 6.45) is 2.46. The summed E-state index contributed by atoms with van der Waals surface area (Å²) in [6.45, 7) is 10.3. The van der Waals surface area contributed by atoms with Gasteiger partial charge in [-0.2, -0.15) is 0 Å². The van der Waals surface area contributed by atoms with Gasteiger partial charge in [0.25, 0.3) is 0 Å². The summed E-state index contributed by atoms with van der Waals surface area (Å²) in [4.78, 5) is 2.60. The fraction of sp³-hybridized carbons (Fsp3) is 0.667. The second-order valence-electron chi connectivity index (χ2n) is 6.27. The standard InChI is InChI=1S/C18H30N2O/c1-5-10-19-18-9-11-20(15(3)14(18)2)13-16-7-6-8-17(12-16)21-4/h6-8,12,14-15,18-19H,5,9-11,13H2,1-4H3. The predicted molar refractivity (Wildman–Crippen MR) is 88.7 cm³/mol. The highest BCUT2D eigenvalue weighted by Gasteiger charge is 2.31. The van der Waals surface area contributed by atoms with Crippen LogP contribution in [0.4, 0.5) is 0 Å². The van der Waals surface area contributed by atoms with Gasteiger partial charge in [0, 0.05) is 25.2 Å². The molecule has 0 radical (unpaired) electrons. The Morgan fingerprint density at radius 1 is 1.33 bits per heavy atom. The molecule has 3 unspecified atom stereocenters. The lowest BCUT2D eigenvalue weighted by Gasteiger charge is -2.43. The number of benzene rings is 1. The molecule has 1 aromatic rings. The molecule has 0 spiro atoms. The van der Waals surface area contributed by atoms with Gasteiger partial charge in [-0.1, -0.05) is 26.0 Å². The van der Waals surface area contributed by atoms with Crippen LogP contribution >= 0.6 is 0 Å². The number of methoxy groups -OCH3 is 1. The number of piperidine rings is 1. The van der Waals surface area contributed by atoms with Crippen LogP contribution in [-0.4, -0.2) is 37.2 Å². The van der Waals surface area contributed by atoms with Crippen LogP contribution in [0.2, 0.25) is 0 Å². The van der Waals surface area contributed by atoms with Gasteiger partial charge in [0.05, 0.1) is 7.11 Å². The van der Waals surface area contributed by atoms with E-state index in [2.05, 4.69) is 49.2 Å². The number of hydrogen-bond acceptors (Lipinski definition) is 3. The Morgan fingerprint density at radius 2 is 2.14 bits per heavy atom. The molecule has 1 aromatic carbocycles. The molecule has 1 aliphatic heterocycles. The lowest BCUT2D eigenvalue weighted by Crippen LogP contribution is -2.53. The highest BCUT2D eigenvalue weighted by atomic mass is 16.5. The highest BCUT2D eigenvalue weighted by molar-refractivity contribution is 5.28. The molecule has 3 nitrogen and oxygen atoms in total. The van der Waals surface area contributed by atoms with Crippen molar-refractivity contribution in [3.8, 4) is 5.75 Å². The average molecular weight is 290 g/mol. The minimum Gasteiger partial charge on any atom is -0.497 e. The van der Waals surface area contributed by atoms with Crippen molar-refractivity contribution >= 4 is 0 Å². The Bertz CT molecular complexity index is 435. The van der Waals surface area contributed by atoms with E-state index in [0.29, 0.717) is 18.0 Å². The molecule has 1 N–H and O–H groups in total. The molecular formula is C18H30N2O. The van der Waals surface area contributed by atoms with Gasteiger partial charge in [-0.05, 0) is 49.9 Å². The number of rotatable bonds is 6. The number of nitrogens with zero attached hydrogens (tertiary/aromatic N) is 1. The largest absolute Gasteiger partial charge is 0.497 e. The topological polar surface area (TPSA) is 24.5 Å². The molecule has 0 aliphatic carbocycles. The van der Waals surface area contributed by atoms with Crippen molar-refractivity contribution in [3.63, 3.8) is 0 Å². The van der Waals surface area contributed by atoms with Gasteiger partial charge in [-0.15, -0.1) is 0 Å². The van der Waals surface area contributed by atoms with E-state index < -0.39 is 0 Å². The van der Waals surface area contributed by atoms with Crippen molar-refractivity contribution in [1.29, 1.82) is 0 Å². The highest BCUT2D eigenvalue weighted by Crippen LogP contribution is 2.26. The van der Waals surface area contributed by atoms with E-state index in [0.717, 1.165) is 18.8 Å². The Kier molecular flexibility index (Phi) is 6.07. The van der Waals surface area contributed by atoms with Crippen LogP contribution in [0, 0.1) is 5.92 Å². The average Bonchev–Trinajstić information content (AvgIpc) is 2.51. The number of hydrogen-bond donors (Lipinski definition) is 1. The third kappa shape index (κ3) is 4.21. The smallest absolute Gasteiger partial charge is 0.119 e. The fourth-order valence-corrected chi connectivity index (χ4v) is 3.29. The fourth-order valence-electron chi connectivity index (χ4n) is 3.29. The molecule has 1 aliphatic rings. The normalized spacial score (nSPS) is 26.8. The second-order valence-corrected chi connectivity index (χ2v) is 6.27. The van der Waals surface area contributed by atoms with Crippen LogP contribution in [0.3, 0.4) is 0 Å². The third-order valence-electron chi connectivity index (χ3n) is 4.88. The van der Waals surface area contributed by atoms with Crippen LogP contribution in [0.15, 0.2) is 24.3 Å². The first kappa shape index (κ1) is 16.3. The van der Waals surface area contributed by atoms with Gasteiger partial charge in [-0.3, -0.25) is 4.90 Å². The van der Waals surface area contributed by atoms with E-state index in [9.17, 15) is 0 Å². The summed E-state index contributed by atoms with van der Waals surface area (Å²) in [7, 11) is 1.73. The molecule has 0 amide bonds. The predicted octanol–water partition coefficient (Wildman–Crippen LogP) is 3.29. The molecule has 0 bridgehead atoms. The first-order chi connectivity index (χ1) is 10.2. The molecule has 3 atom stereocenters. The van der Waals surface area contributed by atoms with Crippen LogP contribution in [0.5, 0.6) is 5.75 Å². The van der Waals surface area contributed by atoms with E-state index in [1.165, 1.54) is 24.9 Å². The quantitative estimate of drug-likeness (QED) is 0.870. The maximum Gasteiger partial charge on any atom is 0.119 e. The summed E-state index contributed by atoms with van der Waals surface area (Å²) in [5.74, 6) is 1.64. The summed E-state index contributed by atoms with van der Waals surface area (Å²) in [5, 5.41) is 3.71. The van der Waals surface area contributed by atoms with Gasteiger partial charge < -0.3 is 10.1 Å².